The molecule has 14 heavy (non-hydrogen) atoms. The summed E-state index contributed by atoms with van der Waals surface area (Å²) in [5.41, 5.74) is 1.38. The lowest BCUT2D eigenvalue weighted by Crippen LogP contribution is -2.05. The van der Waals surface area contributed by atoms with E-state index in [1.165, 1.54) is 9.13 Å². The number of allylic oxidation sites excluding steroid dienone is 1. The molecule has 0 heterocycles. The summed E-state index contributed by atoms with van der Waals surface area (Å²) in [5.74, 6) is 0. The Morgan fingerprint density at radius 1 is 1.21 bits per heavy atom. The molecule has 0 fully saturated rings. The Morgan fingerprint density at radius 3 is 2.57 bits per heavy atom. The molecule has 2 heteroatoms. The second kappa shape index (κ2) is 7.01. The molecule has 0 aliphatic carbocycles. The van der Waals surface area contributed by atoms with E-state index in [0.29, 0.717) is 0 Å². The minimum atomic E-state index is 1.04. The molecular weight excluding hydrogens is 285 g/mol. The van der Waals surface area contributed by atoms with E-state index in [-0.39, 0.29) is 0 Å². The molecule has 1 rings (SSSR count). The first-order valence-electron chi connectivity index (χ1n) is 4.87. The second-order valence-corrected chi connectivity index (χ2v) is 4.44. The maximum atomic E-state index is 3.12. The third-order valence-corrected chi connectivity index (χ3v) is 2.71. The van der Waals surface area contributed by atoms with Crippen molar-refractivity contribution in [2.75, 3.05) is 13.6 Å². The summed E-state index contributed by atoms with van der Waals surface area (Å²) in [6.45, 7) is 1.06. The predicted molar refractivity (Wildman–Crippen MR) is 70.5 cm³/mol. The van der Waals surface area contributed by atoms with Gasteiger partial charge in [0.05, 0.1) is 0 Å². The molecule has 0 aromatic heterocycles. The van der Waals surface area contributed by atoms with Gasteiger partial charge in [-0.15, -0.1) is 0 Å². The fourth-order valence-electron chi connectivity index (χ4n) is 1.19. The van der Waals surface area contributed by atoms with Crippen LogP contribution in [0.4, 0.5) is 0 Å². The van der Waals surface area contributed by atoms with Crippen molar-refractivity contribution in [1.82, 2.24) is 5.32 Å². The Balaban J connectivity index is 2.30. The van der Waals surface area contributed by atoms with Gasteiger partial charge in [0.1, 0.15) is 0 Å². The van der Waals surface area contributed by atoms with Crippen molar-refractivity contribution in [3.05, 3.63) is 45.6 Å². The zero-order valence-electron chi connectivity index (χ0n) is 8.46. The normalized spacial score (nSPS) is 11.0. The molecule has 0 aliphatic rings. The fraction of sp³-hybridized carbons (Fsp3) is 0.333. The van der Waals surface area contributed by atoms with Crippen LogP contribution in [-0.4, -0.2) is 13.6 Å². The molecule has 0 amide bonds. The first-order chi connectivity index (χ1) is 6.83. The molecule has 0 bridgehead atoms. The summed E-state index contributed by atoms with van der Waals surface area (Å²) in [6.07, 6.45) is 6.62. The molecule has 0 saturated heterocycles. The molecule has 0 aliphatic heterocycles. The highest BCUT2D eigenvalue weighted by molar-refractivity contribution is 14.1. The molecule has 76 valence electrons. The largest absolute Gasteiger partial charge is 0.319 e. The molecule has 1 aromatic rings. The third-order valence-electron chi connectivity index (χ3n) is 1.99. The predicted octanol–water partition coefficient (Wildman–Crippen LogP) is 3.00. The fourth-order valence-corrected chi connectivity index (χ4v) is 1.55. The van der Waals surface area contributed by atoms with Crippen molar-refractivity contribution in [3.8, 4) is 0 Å². The Morgan fingerprint density at radius 2 is 1.93 bits per heavy atom. The van der Waals surface area contributed by atoms with Gasteiger partial charge in [-0.25, -0.2) is 0 Å². The van der Waals surface area contributed by atoms with Gasteiger partial charge in [0.15, 0.2) is 0 Å². The van der Waals surface area contributed by atoms with Crippen molar-refractivity contribution in [1.29, 1.82) is 0 Å². The Kier molecular flexibility index (Phi) is 5.87. The van der Waals surface area contributed by atoms with Crippen LogP contribution in [-0.2, 0) is 6.42 Å². The maximum Gasteiger partial charge on any atom is 0.0130 e. The number of hydrogen-bond acceptors (Lipinski definition) is 1. The lowest BCUT2D eigenvalue weighted by atomic mass is 10.1. The van der Waals surface area contributed by atoms with Crippen molar-refractivity contribution in [2.24, 2.45) is 0 Å². The van der Waals surface area contributed by atoms with E-state index in [1.54, 1.807) is 0 Å². The van der Waals surface area contributed by atoms with Gasteiger partial charge in [-0.2, -0.15) is 0 Å². The Labute approximate surface area is 99.7 Å². The van der Waals surface area contributed by atoms with Crippen molar-refractivity contribution in [3.63, 3.8) is 0 Å². The van der Waals surface area contributed by atoms with Gasteiger partial charge in [-0.05, 0) is 66.7 Å². The number of benzene rings is 1. The molecular formula is C12H16IN. The molecule has 0 saturated carbocycles. The SMILES string of the molecule is CNCCC=CCc1ccc(I)cc1. The summed E-state index contributed by atoms with van der Waals surface area (Å²) < 4.78 is 1.30. The standard InChI is InChI=1S/C12H16IN/c1-14-10-4-2-3-5-11-6-8-12(13)9-7-11/h2-3,6-9,14H,4-5,10H2,1H3. The van der Waals surface area contributed by atoms with Gasteiger partial charge in [0, 0.05) is 3.57 Å². The van der Waals surface area contributed by atoms with Crippen molar-refractivity contribution >= 4 is 22.6 Å². The lowest BCUT2D eigenvalue weighted by molar-refractivity contribution is 0.806. The highest BCUT2D eigenvalue weighted by Crippen LogP contribution is 2.07. The summed E-state index contributed by atoms with van der Waals surface area (Å²) >= 11 is 2.33. The summed E-state index contributed by atoms with van der Waals surface area (Å²) in [7, 11) is 1.98. The van der Waals surface area contributed by atoms with Gasteiger partial charge in [-0.3, -0.25) is 0 Å². The first-order valence-corrected chi connectivity index (χ1v) is 5.95. The van der Waals surface area contributed by atoms with E-state index >= 15 is 0 Å². The van der Waals surface area contributed by atoms with Crippen LogP contribution >= 0.6 is 22.6 Å². The van der Waals surface area contributed by atoms with Gasteiger partial charge in [-0.1, -0.05) is 24.3 Å². The van der Waals surface area contributed by atoms with E-state index < -0.39 is 0 Å². The van der Waals surface area contributed by atoms with Crippen LogP contribution < -0.4 is 5.32 Å². The van der Waals surface area contributed by atoms with E-state index in [9.17, 15) is 0 Å². The highest BCUT2D eigenvalue weighted by Gasteiger charge is 1.88. The third kappa shape index (κ3) is 4.77. The summed E-state index contributed by atoms with van der Waals surface area (Å²) in [6, 6.07) is 8.67. The van der Waals surface area contributed by atoms with E-state index in [4.69, 9.17) is 0 Å². The minimum Gasteiger partial charge on any atom is -0.319 e. The van der Waals surface area contributed by atoms with Crippen LogP contribution in [0.25, 0.3) is 0 Å². The smallest absolute Gasteiger partial charge is 0.0130 e. The van der Waals surface area contributed by atoms with E-state index in [2.05, 4.69) is 64.3 Å². The number of nitrogens with one attached hydrogen (secondary N) is 1. The average Bonchev–Trinajstić information content (AvgIpc) is 2.21. The second-order valence-electron chi connectivity index (χ2n) is 3.19. The monoisotopic (exact) mass is 301 g/mol. The zero-order valence-corrected chi connectivity index (χ0v) is 10.6. The van der Waals surface area contributed by atoms with E-state index in [0.717, 1.165) is 19.4 Å². The summed E-state index contributed by atoms with van der Waals surface area (Å²) in [5, 5.41) is 3.12. The molecule has 0 unspecified atom stereocenters. The average molecular weight is 301 g/mol. The van der Waals surface area contributed by atoms with Crippen LogP contribution in [0.1, 0.15) is 12.0 Å². The molecule has 0 atom stereocenters. The number of halogens is 1. The van der Waals surface area contributed by atoms with Crippen molar-refractivity contribution < 1.29 is 0 Å². The first kappa shape index (κ1) is 11.7. The van der Waals surface area contributed by atoms with Gasteiger partial charge < -0.3 is 5.32 Å². The molecule has 1 nitrogen and oxygen atoms in total. The molecule has 1 aromatic carbocycles. The minimum absolute atomic E-state index is 1.04. The molecule has 0 spiro atoms. The lowest BCUT2D eigenvalue weighted by Gasteiger charge is -1.96. The van der Waals surface area contributed by atoms with Crippen LogP contribution in [0.2, 0.25) is 0 Å². The quantitative estimate of drug-likeness (QED) is 0.501. The van der Waals surface area contributed by atoms with E-state index in [1.807, 2.05) is 7.05 Å². The van der Waals surface area contributed by atoms with Crippen LogP contribution in [0.15, 0.2) is 36.4 Å². The van der Waals surface area contributed by atoms with Gasteiger partial charge in [0.25, 0.3) is 0 Å². The Bertz CT molecular complexity index is 277. The number of rotatable bonds is 5. The zero-order chi connectivity index (χ0) is 10.2. The van der Waals surface area contributed by atoms with Crippen LogP contribution in [0, 0.1) is 3.57 Å². The Hall–Kier alpha value is -0.350. The maximum absolute atomic E-state index is 3.12. The van der Waals surface area contributed by atoms with Crippen LogP contribution in [0.3, 0.4) is 0 Å². The number of hydrogen-bond donors (Lipinski definition) is 1. The molecule has 1 N–H and O–H groups in total. The van der Waals surface area contributed by atoms with Gasteiger partial charge in [0.2, 0.25) is 0 Å². The highest BCUT2D eigenvalue weighted by atomic mass is 127. The summed E-state index contributed by atoms with van der Waals surface area (Å²) in [4.78, 5) is 0. The topological polar surface area (TPSA) is 12.0 Å². The van der Waals surface area contributed by atoms with Gasteiger partial charge >= 0.3 is 0 Å². The van der Waals surface area contributed by atoms with Crippen LogP contribution in [0.5, 0.6) is 0 Å². The van der Waals surface area contributed by atoms with Crippen molar-refractivity contribution in [2.45, 2.75) is 12.8 Å². The molecule has 0 radical (unpaired) electrons.